The average Bonchev–Trinajstić information content (AvgIpc) is 3.24. The van der Waals surface area contributed by atoms with Gasteiger partial charge in [0.1, 0.15) is 23.2 Å². The van der Waals surface area contributed by atoms with Gasteiger partial charge in [-0.2, -0.15) is 5.26 Å². The number of nitriles is 1. The SMILES string of the molecule is COC(=O)c1ccc(-c2ccc(/C=C(\C#N)C(=O)NCc3ccccc3)o2)cc1. The monoisotopic (exact) mass is 386 g/mol. The number of hydrogen-bond acceptors (Lipinski definition) is 5. The van der Waals surface area contributed by atoms with Gasteiger partial charge in [-0.25, -0.2) is 4.79 Å². The second kappa shape index (κ2) is 9.20. The van der Waals surface area contributed by atoms with Crippen molar-refractivity contribution in [1.82, 2.24) is 5.32 Å². The molecule has 0 aliphatic heterocycles. The van der Waals surface area contributed by atoms with E-state index in [1.165, 1.54) is 13.2 Å². The highest BCUT2D eigenvalue weighted by Crippen LogP contribution is 2.24. The van der Waals surface area contributed by atoms with Gasteiger partial charge in [0.05, 0.1) is 12.7 Å². The van der Waals surface area contributed by atoms with E-state index in [1.54, 1.807) is 36.4 Å². The molecule has 144 valence electrons. The topological polar surface area (TPSA) is 92.3 Å². The summed E-state index contributed by atoms with van der Waals surface area (Å²) in [5.74, 6) is 0.0367. The van der Waals surface area contributed by atoms with E-state index in [-0.39, 0.29) is 5.57 Å². The summed E-state index contributed by atoms with van der Waals surface area (Å²) in [6.45, 7) is 0.328. The lowest BCUT2D eigenvalue weighted by Crippen LogP contribution is -2.23. The molecule has 0 radical (unpaired) electrons. The molecule has 0 bridgehead atoms. The van der Waals surface area contributed by atoms with Crippen molar-refractivity contribution in [1.29, 1.82) is 5.26 Å². The van der Waals surface area contributed by atoms with Gasteiger partial charge in [-0.3, -0.25) is 4.79 Å². The Labute approximate surface area is 168 Å². The molecule has 1 amide bonds. The summed E-state index contributed by atoms with van der Waals surface area (Å²) in [4.78, 5) is 23.8. The standard InChI is InChI=1S/C23H18N2O4/c1-28-23(27)18-9-7-17(8-10-18)21-12-11-20(29-21)13-19(14-24)22(26)25-15-16-5-3-2-4-6-16/h2-13H,15H2,1H3,(H,25,26)/b19-13+. The molecule has 0 unspecified atom stereocenters. The van der Waals surface area contributed by atoms with Gasteiger partial charge >= 0.3 is 5.97 Å². The summed E-state index contributed by atoms with van der Waals surface area (Å²) >= 11 is 0. The fourth-order valence-electron chi connectivity index (χ4n) is 2.64. The molecule has 6 nitrogen and oxygen atoms in total. The number of furan rings is 1. The third kappa shape index (κ3) is 4.99. The van der Waals surface area contributed by atoms with Gasteiger partial charge < -0.3 is 14.5 Å². The Kier molecular flexibility index (Phi) is 6.23. The van der Waals surface area contributed by atoms with Crippen LogP contribution < -0.4 is 5.32 Å². The Balaban J connectivity index is 1.71. The maximum atomic E-state index is 12.3. The molecule has 0 aliphatic carbocycles. The van der Waals surface area contributed by atoms with E-state index in [0.717, 1.165) is 11.1 Å². The van der Waals surface area contributed by atoms with Crippen LogP contribution in [0.4, 0.5) is 0 Å². The van der Waals surface area contributed by atoms with E-state index < -0.39 is 11.9 Å². The van der Waals surface area contributed by atoms with E-state index >= 15 is 0 Å². The molecule has 6 heteroatoms. The molecule has 1 aromatic heterocycles. The second-order valence-electron chi connectivity index (χ2n) is 6.11. The van der Waals surface area contributed by atoms with Crippen LogP contribution in [-0.4, -0.2) is 19.0 Å². The minimum absolute atomic E-state index is 0.0529. The summed E-state index contributed by atoms with van der Waals surface area (Å²) in [7, 11) is 1.32. The predicted octanol–water partition coefficient (Wildman–Crippen LogP) is 3.96. The van der Waals surface area contributed by atoms with Gasteiger partial charge in [0, 0.05) is 18.2 Å². The number of hydrogen-bond donors (Lipinski definition) is 1. The Hall–Kier alpha value is -4.11. The molecular formula is C23H18N2O4. The molecule has 0 fully saturated rings. The van der Waals surface area contributed by atoms with Crippen LogP contribution >= 0.6 is 0 Å². The summed E-state index contributed by atoms with van der Waals surface area (Å²) in [6.07, 6.45) is 1.40. The molecule has 0 saturated heterocycles. The van der Waals surface area contributed by atoms with Crippen LogP contribution in [0, 0.1) is 11.3 Å². The molecule has 29 heavy (non-hydrogen) atoms. The quantitative estimate of drug-likeness (QED) is 0.393. The summed E-state index contributed by atoms with van der Waals surface area (Å²) in [5.41, 5.74) is 2.07. The van der Waals surface area contributed by atoms with Gasteiger partial charge in [-0.05, 0) is 29.8 Å². The van der Waals surface area contributed by atoms with Gasteiger partial charge in [-0.15, -0.1) is 0 Å². The van der Waals surface area contributed by atoms with E-state index in [1.807, 2.05) is 36.4 Å². The summed E-state index contributed by atoms with van der Waals surface area (Å²) in [5, 5.41) is 12.0. The number of esters is 1. The number of carbonyl (C=O) groups is 2. The normalized spacial score (nSPS) is 10.8. The Bertz CT molecular complexity index is 1070. The van der Waals surface area contributed by atoms with Gasteiger partial charge in [0.25, 0.3) is 5.91 Å². The van der Waals surface area contributed by atoms with Crippen LogP contribution in [0.25, 0.3) is 17.4 Å². The van der Waals surface area contributed by atoms with Gasteiger partial charge in [-0.1, -0.05) is 42.5 Å². The molecule has 2 aromatic carbocycles. The number of carbonyl (C=O) groups excluding carboxylic acids is 2. The number of nitrogens with zero attached hydrogens (tertiary/aromatic N) is 1. The highest BCUT2D eigenvalue weighted by Gasteiger charge is 2.11. The highest BCUT2D eigenvalue weighted by atomic mass is 16.5. The number of methoxy groups -OCH3 is 1. The molecule has 0 spiro atoms. The minimum atomic E-state index is -0.475. The predicted molar refractivity (Wildman–Crippen MR) is 107 cm³/mol. The smallest absolute Gasteiger partial charge is 0.337 e. The largest absolute Gasteiger partial charge is 0.465 e. The highest BCUT2D eigenvalue weighted by molar-refractivity contribution is 6.01. The lowest BCUT2D eigenvalue weighted by Gasteiger charge is -2.04. The van der Waals surface area contributed by atoms with E-state index in [9.17, 15) is 14.9 Å². The number of rotatable bonds is 6. The number of nitrogens with one attached hydrogen (secondary N) is 1. The van der Waals surface area contributed by atoms with Crippen LogP contribution in [0.2, 0.25) is 0 Å². The number of benzene rings is 2. The summed E-state index contributed by atoms with van der Waals surface area (Å²) < 4.78 is 10.4. The molecule has 1 N–H and O–H groups in total. The third-order valence-electron chi connectivity index (χ3n) is 4.16. The molecule has 0 atom stereocenters. The van der Waals surface area contributed by atoms with Crippen molar-refractivity contribution in [2.45, 2.75) is 6.54 Å². The summed E-state index contributed by atoms with van der Waals surface area (Å²) in [6, 6.07) is 21.5. The van der Waals surface area contributed by atoms with Crippen molar-refractivity contribution >= 4 is 18.0 Å². The maximum absolute atomic E-state index is 12.3. The second-order valence-corrected chi connectivity index (χ2v) is 6.11. The Morgan fingerprint density at radius 3 is 2.45 bits per heavy atom. The van der Waals surface area contributed by atoms with Gasteiger partial charge in [0.2, 0.25) is 0 Å². The maximum Gasteiger partial charge on any atom is 0.337 e. The van der Waals surface area contributed by atoms with Crippen LogP contribution in [0.1, 0.15) is 21.7 Å². The Morgan fingerprint density at radius 1 is 1.07 bits per heavy atom. The zero-order valence-electron chi connectivity index (χ0n) is 15.7. The van der Waals surface area contributed by atoms with Crippen molar-refractivity contribution in [2.24, 2.45) is 0 Å². The fraction of sp³-hybridized carbons (Fsp3) is 0.0870. The van der Waals surface area contributed by atoms with Crippen LogP contribution in [-0.2, 0) is 16.1 Å². The average molecular weight is 386 g/mol. The van der Waals surface area contributed by atoms with E-state index in [0.29, 0.717) is 23.6 Å². The first-order valence-corrected chi connectivity index (χ1v) is 8.83. The molecule has 3 rings (SSSR count). The fourth-order valence-corrected chi connectivity index (χ4v) is 2.64. The zero-order valence-corrected chi connectivity index (χ0v) is 15.7. The first kappa shape index (κ1) is 19.6. The first-order chi connectivity index (χ1) is 14.1. The van der Waals surface area contributed by atoms with Crippen molar-refractivity contribution in [3.63, 3.8) is 0 Å². The molecule has 0 saturated carbocycles. The molecule has 1 heterocycles. The third-order valence-corrected chi connectivity index (χ3v) is 4.16. The van der Waals surface area contributed by atoms with E-state index in [2.05, 4.69) is 10.1 Å². The number of amides is 1. The molecule has 0 aliphatic rings. The van der Waals surface area contributed by atoms with E-state index in [4.69, 9.17) is 4.42 Å². The van der Waals surface area contributed by atoms with Crippen LogP contribution in [0.15, 0.2) is 76.7 Å². The van der Waals surface area contributed by atoms with Crippen molar-refractivity contribution in [3.8, 4) is 17.4 Å². The lowest BCUT2D eigenvalue weighted by atomic mass is 10.1. The first-order valence-electron chi connectivity index (χ1n) is 8.83. The van der Waals surface area contributed by atoms with Gasteiger partial charge in [0.15, 0.2) is 0 Å². The molecular weight excluding hydrogens is 368 g/mol. The Morgan fingerprint density at radius 2 is 1.79 bits per heavy atom. The van der Waals surface area contributed by atoms with Crippen molar-refractivity contribution in [2.75, 3.05) is 7.11 Å². The zero-order chi connectivity index (χ0) is 20.6. The lowest BCUT2D eigenvalue weighted by molar-refractivity contribution is -0.117. The van der Waals surface area contributed by atoms with Crippen molar-refractivity contribution < 1.29 is 18.7 Å². The minimum Gasteiger partial charge on any atom is -0.465 e. The number of ether oxygens (including phenoxy) is 1. The molecule has 3 aromatic rings. The van der Waals surface area contributed by atoms with Crippen molar-refractivity contribution in [3.05, 3.63) is 89.2 Å². The van der Waals surface area contributed by atoms with Crippen LogP contribution in [0.3, 0.4) is 0 Å². The van der Waals surface area contributed by atoms with Crippen LogP contribution in [0.5, 0.6) is 0 Å².